The van der Waals surface area contributed by atoms with Crippen LogP contribution in [0.5, 0.6) is 0 Å². The van der Waals surface area contributed by atoms with Crippen molar-refractivity contribution in [1.82, 2.24) is 10.6 Å². The Labute approximate surface area is 132 Å². The summed E-state index contributed by atoms with van der Waals surface area (Å²) < 4.78 is 5.41. The van der Waals surface area contributed by atoms with Crippen LogP contribution in [-0.4, -0.2) is 32.3 Å². The van der Waals surface area contributed by atoms with Gasteiger partial charge in [0.05, 0.1) is 5.60 Å². The van der Waals surface area contributed by atoms with Crippen LogP contribution in [0.4, 0.5) is 0 Å². The zero-order chi connectivity index (χ0) is 16.0. The summed E-state index contributed by atoms with van der Waals surface area (Å²) in [5, 5.41) is 9.17. The van der Waals surface area contributed by atoms with Crippen LogP contribution in [-0.2, 0) is 11.3 Å². The first kappa shape index (κ1) is 16.3. The number of ether oxygens (including phenoxy) is 1. The predicted molar refractivity (Wildman–Crippen MR) is 93.2 cm³/mol. The number of aliphatic imine (C=N–C) groups is 1. The standard InChI is InChI=1S/C18H25N3O/c1-18(2,22-4)13-21-17(19-3)20-12-15-10-7-9-14-8-5-6-11-16(14)15/h5-11H,12-13H2,1-4H3,(H2,19,20,21). The maximum absolute atomic E-state index is 5.41. The van der Waals surface area contributed by atoms with Crippen molar-refractivity contribution >= 4 is 16.7 Å². The Morgan fingerprint density at radius 3 is 2.55 bits per heavy atom. The second-order valence-electron chi connectivity index (χ2n) is 5.88. The molecule has 118 valence electrons. The van der Waals surface area contributed by atoms with Crippen LogP contribution < -0.4 is 10.6 Å². The number of hydrogen-bond donors (Lipinski definition) is 2. The van der Waals surface area contributed by atoms with E-state index in [1.54, 1.807) is 14.2 Å². The van der Waals surface area contributed by atoms with Crippen LogP contribution in [0.1, 0.15) is 19.4 Å². The second kappa shape index (κ2) is 7.27. The SMILES string of the molecule is CN=C(NCc1cccc2ccccc12)NCC(C)(C)OC. The van der Waals surface area contributed by atoms with Crippen LogP contribution in [0.3, 0.4) is 0 Å². The average molecular weight is 299 g/mol. The van der Waals surface area contributed by atoms with E-state index in [1.165, 1.54) is 16.3 Å². The molecule has 0 spiro atoms. The smallest absolute Gasteiger partial charge is 0.191 e. The summed E-state index contributed by atoms with van der Waals surface area (Å²) >= 11 is 0. The monoisotopic (exact) mass is 299 g/mol. The summed E-state index contributed by atoms with van der Waals surface area (Å²) in [6, 6.07) is 14.8. The van der Waals surface area contributed by atoms with Crippen LogP contribution in [0.25, 0.3) is 10.8 Å². The molecule has 0 atom stereocenters. The van der Waals surface area contributed by atoms with Crippen molar-refractivity contribution in [2.45, 2.75) is 26.0 Å². The number of nitrogens with zero attached hydrogens (tertiary/aromatic N) is 1. The lowest BCUT2D eigenvalue weighted by Crippen LogP contribution is -2.45. The molecular weight excluding hydrogens is 274 g/mol. The van der Waals surface area contributed by atoms with E-state index in [2.05, 4.69) is 58.1 Å². The number of rotatable bonds is 5. The van der Waals surface area contributed by atoms with E-state index in [0.29, 0.717) is 6.54 Å². The van der Waals surface area contributed by atoms with Gasteiger partial charge in [0, 0.05) is 27.2 Å². The largest absolute Gasteiger partial charge is 0.377 e. The number of nitrogens with one attached hydrogen (secondary N) is 2. The molecule has 2 N–H and O–H groups in total. The highest BCUT2D eigenvalue weighted by molar-refractivity contribution is 5.86. The Balaban J connectivity index is 2.01. The van der Waals surface area contributed by atoms with E-state index in [0.717, 1.165) is 12.5 Å². The van der Waals surface area contributed by atoms with Gasteiger partial charge in [-0.15, -0.1) is 0 Å². The summed E-state index contributed by atoms with van der Waals surface area (Å²) in [4.78, 5) is 4.26. The highest BCUT2D eigenvalue weighted by atomic mass is 16.5. The van der Waals surface area contributed by atoms with Crippen molar-refractivity contribution in [2.24, 2.45) is 4.99 Å². The van der Waals surface area contributed by atoms with Crippen molar-refractivity contribution in [1.29, 1.82) is 0 Å². The highest BCUT2D eigenvalue weighted by Crippen LogP contribution is 2.18. The van der Waals surface area contributed by atoms with Gasteiger partial charge in [-0.2, -0.15) is 0 Å². The zero-order valence-corrected chi connectivity index (χ0v) is 13.8. The van der Waals surface area contributed by atoms with Crippen molar-refractivity contribution in [3.8, 4) is 0 Å². The van der Waals surface area contributed by atoms with E-state index < -0.39 is 0 Å². The lowest BCUT2D eigenvalue weighted by atomic mass is 10.0. The molecule has 2 aromatic rings. The predicted octanol–water partition coefficient (Wildman–Crippen LogP) is 2.93. The van der Waals surface area contributed by atoms with Crippen molar-refractivity contribution in [3.63, 3.8) is 0 Å². The Bertz CT molecular complexity index is 644. The summed E-state index contributed by atoms with van der Waals surface area (Å²) in [5.41, 5.74) is 1.03. The third kappa shape index (κ3) is 4.21. The minimum absolute atomic E-state index is 0.225. The van der Waals surface area contributed by atoms with Gasteiger partial charge in [-0.25, -0.2) is 0 Å². The minimum Gasteiger partial charge on any atom is -0.377 e. The fourth-order valence-electron chi connectivity index (χ4n) is 2.21. The van der Waals surface area contributed by atoms with Crippen LogP contribution >= 0.6 is 0 Å². The van der Waals surface area contributed by atoms with Crippen molar-refractivity contribution in [2.75, 3.05) is 20.7 Å². The molecule has 0 unspecified atom stereocenters. The summed E-state index contributed by atoms with van der Waals surface area (Å²) in [6.45, 7) is 5.50. The molecule has 0 saturated carbocycles. The van der Waals surface area contributed by atoms with Gasteiger partial charge in [-0.3, -0.25) is 4.99 Å². The van der Waals surface area contributed by atoms with Crippen LogP contribution in [0.15, 0.2) is 47.5 Å². The lowest BCUT2D eigenvalue weighted by Gasteiger charge is -2.24. The summed E-state index contributed by atoms with van der Waals surface area (Å²) in [7, 11) is 3.49. The van der Waals surface area contributed by atoms with Crippen LogP contribution in [0, 0.1) is 0 Å². The maximum atomic E-state index is 5.41. The van der Waals surface area contributed by atoms with E-state index in [9.17, 15) is 0 Å². The minimum atomic E-state index is -0.225. The Morgan fingerprint density at radius 1 is 1.09 bits per heavy atom. The first-order chi connectivity index (χ1) is 10.6. The van der Waals surface area contributed by atoms with Crippen molar-refractivity contribution < 1.29 is 4.74 Å². The Morgan fingerprint density at radius 2 is 1.82 bits per heavy atom. The van der Waals surface area contributed by atoms with E-state index in [4.69, 9.17) is 4.74 Å². The number of fused-ring (bicyclic) bond motifs is 1. The molecule has 0 aliphatic rings. The van der Waals surface area contributed by atoms with Gasteiger partial charge >= 0.3 is 0 Å². The number of hydrogen-bond acceptors (Lipinski definition) is 2. The molecule has 0 aliphatic heterocycles. The molecule has 0 amide bonds. The van der Waals surface area contributed by atoms with Gasteiger partial charge < -0.3 is 15.4 Å². The first-order valence-electron chi connectivity index (χ1n) is 7.52. The van der Waals surface area contributed by atoms with E-state index in [-0.39, 0.29) is 5.60 Å². The van der Waals surface area contributed by atoms with Gasteiger partial charge in [-0.1, -0.05) is 42.5 Å². The molecule has 0 saturated heterocycles. The van der Waals surface area contributed by atoms with Gasteiger partial charge in [0.1, 0.15) is 0 Å². The molecule has 0 aliphatic carbocycles. The molecule has 0 fully saturated rings. The fraction of sp³-hybridized carbons (Fsp3) is 0.389. The molecule has 0 bridgehead atoms. The molecule has 22 heavy (non-hydrogen) atoms. The molecule has 2 aromatic carbocycles. The average Bonchev–Trinajstić information content (AvgIpc) is 2.55. The Hall–Kier alpha value is -2.07. The summed E-state index contributed by atoms with van der Waals surface area (Å²) in [6.07, 6.45) is 0. The zero-order valence-electron chi connectivity index (χ0n) is 13.8. The van der Waals surface area contributed by atoms with Gasteiger partial charge in [-0.05, 0) is 30.2 Å². The topological polar surface area (TPSA) is 45.7 Å². The third-order valence-corrected chi connectivity index (χ3v) is 3.78. The number of methoxy groups -OCH3 is 1. The quantitative estimate of drug-likeness (QED) is 0.659. The van der Waals surface area contributed by atoms with E-state index in [1.807, 2.05) is 13.8 Å². The molecular formula is C18H25N3O. The highest BCUT2D eigenvalue weighted by Gasteiger charge is 2.16. The number of guanidine groups is 1. The molecule has 0 aromatic heterocycles. The van der Waals surface area contributed by atoms with Gasteiger partial charge in [0.25, 0.3) is 0 Å². The third-order valence-electron chi connectivity index (χ3n) is 3.78. The Kier molecular flexibility index (Phi) is 5.39. The molecule has 4 heteroatoms. The van der Waals surface area contributed by atoms with Gasteiger partial charge in [0.2, 0.25) is 0 Å². The van der Waals surface area contributed by atoms with Crippen molar-refractivity contribution in [3.05, 3.63) is 48.0 Å². The number of benzene rings is 2. The molecule has 0 radical (unpaired) electrons. The van der Waals surface area contributed by atoms with Gasteiger partial charge in [0.15, 0.2) is 5.96 Å². The lowest BCUT2D eigenvalue weighted by molar-refractivity contribution is 0.0268. The maximum Gasteiger partial charge on any atom is 0.191 e. The molecule has 2 rings (SSSR count). The second-order valence-corrected chi connectivity index (χ2v) is 5.88. The normalized spacial score (nSPS) is 12.5. The first-order valence-corrected chi connectivity index (χ1v) is 7.52. The van der Waals surface area contributed by atoms with E-state index >= 15 is 0 Å². The van der Waals surface area contributed by atoms with Crippen LogP contribution in [0.2, 0.25) is 0 Å². The molecule has 0 heterocycles. The summed E-state index contributed by atoms with van der Waals surface area (Å²) in [5.74, 6) is 0.776. The fourth-order valence-corrected chi connectivity index (χ4v) is 2.21. The molecule has 4 nitrogen and oxygen atoms in total.